The lowest BCUT2D eigenvalue weighted by Crippen LogP contribution is -2.45. The minimum atomic E-state index is -1.15. The van der Waals surface area contributed by atoms with Crippen LogP contribution in [0.15, 0.2) is 75.4 Å². The number of nitrogens with zero attached hydrogens (tertiary/aromatic N) is 1. The Hall–Kier alpha value is -3.97. The van der Waals surface area contributed by atoms with Crippen LogP contribution in [0.25, 0.3) is 0 Å². The first kappa shape index (κ1) is 33.9. The van der Waals surface area contributed by atoms with Crippen LogP contribution in [-0.4, -0.2) is 49.9 Å². The van der Waals surface area contributed by atoms with Crippen LogP contribution in [0.1, 0.15) is 36.6 Å². The molecule has 0 spiro atoms. The highest BCUT2D eigenvalue weighted by Crippen LogP contribution is 2.35. The van der Waals surface area contributed by atoms with Gasteiger partial charge in [-0.1, -0.05) is 35.3 Å². The standard InChI is InChI=1S/C31H31BrCl2N4O7/c1-4-43-26-13-20(29-28(30(40)42-3)17(2)36-31(41)37-29)7-10-25(26)45-16-27(39)38-35-14-18-6-9-24(21(32)11-18)44-15-19-5-8-22(33)23(34)12-19/h5-14,27,29,38-39H,4,15-16H2,1-3H3,(H2,36,37,41)/b35-14-/t27-,29+/m1/s1. The number of rotatable bonds is 13. The monoisotopic (exact) mass is 720 g/mol. The maximum Gasteiger partial charge on any atom is 0.337 e. The molecule has 2 amide bonds. The van der Waals surface area contributed by atoms with Gasteiger partial charge in [-0.15, -0.1) is 0 Å². The van der Waals surface area contributed by atoms with Crippen molar-refractivity contribution >= 4 is 57.3 Å². The molecule has 4 rings (SSSR count). The van der Waals surface area contributed by atoms with E-state index < -0.39 is 24.3 Å². The van der Waals surface area contributed by atoms with Gasteiger partial charge in [-0.3, -0.25) is 5.43 Å². The molecule has 2 atom stereocenters. The maximum absolute atomic E-state index is 12.4. The molecule has 14 heteroatoms. The lowest BCUT2D eigenvalue weighted by Gasteiger charge is -2.28. The minimum Gasteiger partial charge on any atom is -0.490 e. The van der Waals surface area contributed by atoms with Gasteiger partial charge < -0.3 is 34.7 Å². The fourth-order valence-electron chi connectivity index (χ4n) is 4.32. The van der Waals surface area contributed by atoms with E-state index in [1.54, 1.807) is 49.5 Å². The molecular formula is C31H31BrCl2N4O7. The summed E-state index contributed by atoms with van der Waals surface area (Å²) >= 11 is 15.5. The number of carbonyl (C=O) groups excluding carboxylic acids is 2. The molecule has 45 heavy (non-hydrogen) atoms. The summed E-state index contributed by atoms with van der Waals surface area (Å²) in [4.78, 5) is 24.6. The summed E-state index contributed by atoms with van der Waals surface area (Å²) in [6, 6.07) is 14.5. The van der Waals surface area contributed by atoms with E-state index in [1.807, 2.05) is 25.1 Å². The van der Waals surface area contributed by atoms with Gasteiger partial charge >= 0.3 is 12.0 Å². The van der Waals surface area contributed by atoms with Crippen LogP contribution in [0.5, 0.6) is 17.2 Å². The molecule has 3 aromatic carbocycles. The Morgan fingerprint density at radius 2 is 1.84 bits per heavy atom. The molecule has 0 saturated heterocycles. The highest BCUT2D eigenvalue weighted by molar-refractivity contribution is 9.10. The SMILES string of the molecule is CCOc1cc([C@@H]2NC(=O)NC(C)=C2C(=O)OC)ccc1OC[C@@H](O)N/N=C\c1ccc(OCc2ccc(Cl)c(Cl)c2)c(Br)c1. The Morgan fingerprint density at radius 1 is 1.07 bits per heavy atom. The number of hydrogen-bond donors (Lipinski definition) is 4. The molecule has 0 radical (unpaired) electrons. The quantitative estimate of drug-likeness (QED) is 0.0746. The Kier molecular flexibility index (Phi) is 11.9. The van der Waals surface area contributed by atoms with Crippen LogP contribution in [0, 0.1) is 0 Å². The van der Waals surface area contributed by atoms with Gasteiger partial charge in [0.15, 0.2) is 17.7 Å². The largest absolute Gasteiger partial charge is 0.490 e. The van der Waals surface area contributed by atoms with Crippen LogP contribution in [0.3, 0.4) is 0 Å². The number of esters is 1. The zero-order chi connectivity index (χ0) is 32.5. The predicted octanol–water partition coefficient (Wildman–Crippen LogP) is 5.86. The predicted molar refractivity (Wildman–Crippen MR) is 174 cm³/mol. The van der Waals surface area contributed by atoms with Gasteiger partial charge in [0.05, 0.1) is 46.1 Å². The summed E-state index contributed by atoms with van der Waals surface area (Å²) in [7, 11) is 1.27. The van der Waals surface area contributed by atoms with Crippen LogP contribution >= 0.6 is 39.1 Å². The molecular weight excluding hydrogens is 691 g/mol. The van der Waals surface area contributed by atoms with E-state index in [9.17, 15) is 14.7 Å². The molecule has 0 fully saturated rings. The Labute approximate surface area is 278 Å². The van der Waals surface area contributed by atoms with E-state index in [0.29, 0.717) is 51.8 Å². The van der Waals surface area contributed by atoms with Gasteiger partial charge in [-0.05, 0) is 88.9 Å². The van der Waals surface area contributed by atoms with Crippen LogP contribution in [0.4, 0.5) is 4.79 Å². The van der Waals surface area contributed by atoms with Crippen molar-refractivity contribution in [2.75, 3.05) is 20.3 Å². The number of methoxy groups -OCH3 is 1. The Morgan fingerprint density at radius 3 is 2.56 bits per heavy atom. The third kappa shape index (κ3) is 9.04. The van der Waals surface area contributed by atoms with Crippen LogP contribution in [0.2, 0.25) is 10.0 Å². The lowest BCUT2D eigenvalue weighted by molar-refractivity contribution is -0.136. The smallest absolute Gasteiger partial charge is 0.337 e. The number of allylic oxidation sites excluding steroid dienone is 1. The third-order valence-corrected chi connectivity index (χ3v) is 7.80. The van der Waals surface area contributed by atoms with Crippen molar-refractivity contribution in [3.8, 4) is 17.2 Å². The zero-order valence-corrected chi connectivity index (χ0v) is 27.6. The van der Waals surface area contributed by atoms with Gasteiger partial charge in [-0.25, -0.2) is 9.59 Å². The average Bonchev–Trinajstić information content (AvgIpc) is 3.01. The number of aliphatic hydroxyl groups excluding tert-OH is 1. The number of hydrogen-bond acceptors (Lipinski definition) is 9. The summed E-state index contributed by atoms with van der Waals surface area (Å²) in [5, 5.41) is 20.8. The number of halogens is 3. The Balaban J connectivity index is 1.34. The number of carbonyl (C=O) groups is 2. The fourth-order valence-corrected chi connectivity index (χ4v) is 5.16. The summed E-state index contributed by atoms with van der Waals surface area (Å²) in [6.07, 6.45) is 0.395. The molecule has 0 aromatic heterocycles. The van der Waals surface area contributed by atoms with Crippen LogP contribution in [-0.2, 0) is 16.1 Å². The second-order valence-corrected chi connectivity index (χ2v) is 11.3. The summed E-state index contributed by atoms with van der Waals surface area (Å²) in [5.74, 6) is 0.776. The van der Waals surface area contributed by atoms with Crippen molar-refractivity contribution in [2.24, 2.45) is 5.10 Å². The van der Waals surface area contributed by atoms with Crippen molar-refractivity contribution in [1.82, 2.24) is 16.1 Å². The van der Waals surface area contributed by atoms with E-state index in [0.717, 1.165) is 15.6 Å². The van der Waals surface area contributed by atoms with Gasteiger partial charge in [-0.2, -0.15) is 5.10 Å². The van der Waals surface area contributed by atoms with Crippen LogP contribution < -0.4 is 30.3 Å². The normalized spacial score (nSPS) is 15.3. The molecule has 1 aliphatic heterocycles. The second-order valence-electron chi connectivity index (χ2n) is 9.64. The molecule has 0 saturated carbocycles. The van der Waals surface area contributed by atoms with Crippen molar-refractivity contribution in [1.29, 1.82) is 0 Å². The maximum atomic E-state index is 12.4. The van der Waals surface area contributed by atoms with E-state index >= 15 is 0 Å². The molecule has 0 aliphatic carbocycles. The number of urea groups is 1. The fraction of sp³-hybridized carbons (Fsp3) is 0.258. The Bertz CT molecular complexity index is 1620. The number of nitrogens with one attached hydrogen (secondary N) is 3. The first-order chi connectivity index (χ1) is 21.6. The summed E-state index contributed by atoms with van der Waals surface area (Å²) in [6.45, 7) is 3.92. The van der Waals surface area contributed by atoms with Gasteiger partial charge in [0.25, 0.3) is 0 Å². The van der Waals surface area contributed by atoms with E-state index in [1.165, 1.54) is 7.11 Å². The first-order valence-corrected chi connectivity index (χ1v) is 15.2. The second kappa shape index (κ2) is 15.8. The van der Waals surface area contributed by atoms with Crippen molar-refractivity contribution in [3.63, 3.8) is 0 Å². The van der Waals surface area contributed by atoms with Gasteiger partial charge in [0.1, 0.15) is 19.0 Å². The van der Waals surface area contributed by atoms with Crippen molar-refractivity contribution in [3.05, 3.63) is 97.1 Å². The minimum absolute atomic E-state index is 0.154. The topological polar surface area (TPSA) is 140 Å². The molecule has 3 aromatic rings. The van der Waals surface area contributed by atoms with Gasteiger partial charge in [0.2, 0.25) is 0 Å². The number of hydrazone groups is 1. The molecule has 0 bridgehead atoms. The molecule has 11 nitrogen and oxygen atoms in total. The number of ether oxygens (including phenoxy) is 4. The van der Waals surface area contributed by atoms with E-state index in [-0.39, 0.29) is 12.2 Å². The van der Waals surface area contributed by atoms with Crippen molar-refractivity contribution < 1.29 is 33.6 Å². The number of amides is 2. The lowest BCUT2D eigenvalue weighted by atomic mass is 9.95. The molecule has 238 valence electrons. The molecule has 1 aliphatic rings. The highest BCUT2D eigenvalue weighted by Gasteiger charge is 2.32. The van der Waals surface area contributed by atoms with E-state index in [4.69, 9.17) is 42.1 Å². The van der Waals surface area contributed by atoms with E-state index in [2.05, 4.69) is 37.1 Å². The number of aliphatic hydroxyl groups is 1. The highest BCUT2D eigenvalue weighted by atomic mass is 79.9. The molecule has 1 heterocycles. The zero-order valence-electron chi connectivity index (χ0n) is 24.5. The summed E-state index contributed by atoms with van der Waals surface area (Å²) < 4.78 is 23.0. The first-order valence-electron chi connectivity index (χ1n) is 13.7. The number of benzene rings is 3. The summed E-state index contributed by atoms with van der Waals surface area (Å²) in [5.41, 5.74) is 5.48. The molecule has 4 N–H and O–H groups in total. The van der Waals surface area contributed by atoms with Gasteiger partial charge in [0, 0.05) is 5.70 Å². The third-order valence-electron chi connectivity index (χ3n) is 6.44. The average molecular weight is 722 g/mol. The van der Waals surface area contributed by atoms with Crippen molar-refractivity contribution in [2.45, 2.75) is 32.7 Å². The molecule has 0 unspecified atom stereocenters.